The molecule has 4 nitrogen and oxygen atoms in total. The fourth-order valence-electron chi connectivity index (χ4n) is 4.05. The molecule has 2 fully saturated rings. The van der Waals surface area contributed by atoms with Crippen LogP contribution in [0.1, 0.15) is 38.5 Å². The Morgan fingerprint density at radius 1 is 1.18 bits per heavy atom. The molecule has 1 aliphatic heterocycles. The molecule has 22 heavy (non-hydrogen) atoms. The number of piperazine rings is 1. The van der Waals surface area contributed by atoms with Crippen molar-refractivity contribution in [1.82, 2.24) is 9.88 Å². The van der Waals surface area contributed by atoms with E-state index in [0.717, 1.165) is 19.7 Å². The third kappa shape index (κ3) is 4.00. The number of rotatable bonds is 6. The van der Waals surface area contributed by atoms with Crippen LogP contribution >= 0.6 is 11.3 Å². The van der Waals surface area contributed by atoms with E-state index < -0.39 is 0 Å². The van der Waals surface area contributed by atoms with E-state index in [2.05, 4.69) is 20.2 Å². The summed E-state index contributed by atoms with van der Waals surface area (Å²) in [5.41, 5.74) is 0.512. The van der Waals surface area contributed by atoms with E-state index in [1.807, 2.05) is 13.3 Å². The van der Waals surface area contributed by atoms with Crippen molar-refractivity contribution in [2.45, 2.75) is 38.5 Å². The van der Waals surface area contributed by atoms with Crippen LogP contribution in [0.2, 0.25) is 0 Å². The van der Waals surface area contributed by atoms with Crippen LogP contribution in [-0.2, 0) is 4.74 Å². The zero-order valence-electron chi connectivity index (χ0n) is 13.8. The third-order valence-electron chi connectivity index (χ3n) is 5.37. The lowest BCUT2D eigenvalue weighted by Crippen LogP contribution is -2.50. The van der Waals surface area contributed by atoms with Gasteiger partial charge in [0.15, 0.2) is 5.13 Å². The number of nitrogens with zero attached hydrogens (tertiary/aromatic N) is 3. The van der Waals surface area contributed by atoms with Gasteiger partial charge in [-0.3, -0.25) is 4.90 Å². The third-order valence-corrected chi connectivity index (χ3v) is 6.20. The molecule has 0 unspecified atom stereocenters. The van der Waals surface area contributed by atoms with Crippen LogP contribution in [-0.4, -0.2) is 56.3 Å². The smallest absolute Gasteiger partial charge is 0.185 e. The molecule has 1 aromatic rings. The van der Waals surface area contributed by atoms with Crippen molar-refractivity contribution < 1.29 is 4.74 Å². The molecule has 0 N–H and O–H groups in total. The van der Waals surface area contributed by atoms with Crippen LogP contribution in [0.15, 0.2) is 11.6 Å². The van der Waals surface area contributed by atoms with Gasteiger partial charge in [-0.1, -0.05) is 19.3 Å². The van der Waals surface area contributed by atoms with Crippen molar-refractivity contribution in [3.05, 3.63) is 11.6 Å². The lowest BCUT2D eigenvalue weighted by atomic mass is 9.71. The van der Waals surface area contributed by atoms with Gasteiger partial charge in [0.2, 0.25) is 0 Å². The number of hydrogen-bond donors (Lipinski definition) is 0. The molecule has 1 saturated heterocycles. The number of anilines is 1. The van der Waals surface area contributed by atoms with Crippen molar-refractivity contribution in [3.63, 3.8) is 0 Å². The van der Waals surface area contributed by atoms with E-state index in [9.17, 15) is 0 Å². The predicted molar refractivity (Wildman–Crippen MR) is 92.8 cm³/mol. The van der Waals surface area contributed by atoms with Crippen LogP contribution in [0.5, 0.6) is 0 Å². The highest BCUT2D eigenvalue weighted by atomic mass is 32.1. The minimum Gasteiger partial charge on any atom is -0.385 e. The van der Waals surface area contributed by atoms with Crippen molar-refractivity contribution in [2.75, 3.05) is 51.3 Å². The van der Waals surface area contributed by atoms with E-state index in [0.29, 0.717) is 5.41 Å². The number of methoxy groups -OCH3 is 1. The van der Waals surface area contributed by atoms with Gasteiger partial charge in [-0.2, -0.15) is 0 Å². The summed E-state index contributed by atoms with van der Waals surface area (Å²) in [6, 6.07) is 0. The molecule has 0 spiro atoms. The van der Waals surface area contributed by atoms with Gasteiger partial charge in [-0.05, 0) is 24.7 Å². The Balaban J connectivity index is 1.53. The second-order valence-electron chi connectivity index (χ2n) is 6.88. The van der Waals surface area contributed by atoms with Gasteiger partial charge >= 0.3 is 0 Å². The first-order valence-electron chi connectivity index (χ1n) is 8.67. The standard InChI is InChI=1S/C17H29N3OS/c1-21-13-7-17(5-3-2-4-6-17)15-19-9-11-20(12-10-19)16-18-8-14-22-16/h8,14H,2-7,9-13,15H2,1H3. The summed E-state index contributed by atoms with van der Waals surface area (Å²) in [5.74, 6) is 0. The fourth-order valence-corrected chi connectivity index (χ4v) is 4.75. The maximum atomic E-state index is 5.39. The van der Waals surface area contributed by atoms with Gasteiger partial charge in [0.05, 0.1) is 0 Å². The second kappa shape index (κ2) is 7.75. The normalized spacial score (nSPS) is 22.9. The Morgan fingerprint density at radius 3 is 2.59 bits per heavy atom. The van der Waals surface area contributed by atoms with E-state index in [-0.39, 0.29) is 0 Å². The molecule has 2 heterocycles. The minimum absolute atomic E-state index is 0.512. The first kappa shape index (κ1) is 16.2. The minimum atomic E-state index is 0.512. The maximum Gasteiger partial charge on any atom is 0.185 e. The van der Waals surface area contributed by atoms with Gasteiger partial charge in [-0.15, -0.1) is 11.3 Å². The molecular formula is C17H29N3OS. The fraction of sp³-hybridized carbons (Fsp3) is 0.824. The Morgan fingerprint density at radius 2 is 1.95 bits per heavy atom. The molecule has 1 aliphatic carbocycles. The Bertz CT molecular complexity index is 423. The molecule has 1 aromatic heterocycles. The number of aromatic nitrogens is 1. The van der Waals surface area contributed by atoms with Crippen molar-refractivity contribution in [3.8, 4) is 0 Å². The topological polar surface area (TPSA) is 28.6 Å². The van der Waals surface area contributed by atoms with Gasteiger partial charge < -0.3 is 9.64 Å². The van der Waals surface area contributed by atoms with Crippen LogP contribution < -0.4 is 4.90 Å². The van der Waals surface area contributed by atoms with E-state index in [1.165, 1.54) is 63.3 Å². The molecule has 0 aromatic carbocycles. The summed E-state index contributed by atoms with van der Waals surface area (Å²) in [4.78, 5) is 9.56. The Labute approximate surface area is 138 Å². The highest BCUT2D eigenvalue weighted by Crippen LogP contribution is 2.40. The van der Waals surface area contributed by atoms with Crippen LogP contribution in [0.3, 0.4) is 0 Å². The predicted octanol–water partition coefficient (Wildman–Crippen LogP) is 3.25. The van der Waals surface area contributed by atoms with Gasteiger partial charge in [0.25, 0.3) is 0 Å². The summed E-state index contributed by atoms with van der Waals surface area (Å²) in [6.07, 6.45) is 10.2. The van der Waals surface area contributed by atoms with E-state index in [4.69, 9.17) is 4.74 Å². The Hall–Kier alpha value is -0.650. The summed E-state index contributed by atoms with van der Waals surface area (Å²) in [5, 5.41) is 3.26. The quantitative estimate of drug-likeness (QED) is 0.803. The number of hydrogen-bond acceptors (Lipinski definition) is 5. The van der Waals surface area contributed by atoms with Crippen molar-refractivity contribution in [2.24, 2.45) is 5.41 Å². The first-order valence-corrected chi connectivity index (χ1v) is 9.55. The van der Waals surface area contributed by atoms with Gasteiger partial charge in [-0.25, -0.2) is 4.98 Å². The Kier molecular flexibility index (Phi) is 5.71. The van der Waals surface area contributed by atoms with Crippen LogP contribution in [0.25, 0.3) is 0 Å². The molecule has 0 bridgehead atoms. The highest BCUT2D eigenvalue weighted by Gasteiger charge is 2.34. The molecule has 124 valence electrons. The molecule has 2 aliphatic rings. The SMILES string of the molecule is COCCC1(CN2CCN(c3nccs3)CC2)CCCCC1. The van der Waals surface area contributed by atoms with Crippen LogP contribution in [0.4, 0.5) is 5.13 Å². The monoisotopic (exact) mass is 323 g/mol. The number of thiazole rings is 1. The lowest BCUT2D eigenvalue weighted by molar-refractivity contribution is 0.0592. The zero-order chi connectivity index (χ0) is 15.3. The average molecular weight is 324 g/mol. The highest BCUT2D eigenvalue weighted by molar-refractivity contribution is 7.13. The lowest BCUT2D eigenvalue weighted by Gasteiger charge is -2.44. The molecule has 3 rings (SSSR count). The van der Waals surface area contributed by atoms with Crippen molar-refractivity contribution in [1.29, 1.82) is 0 Å². The average Bonchev–Trinajstić information content (AvgIpc) is 3.09. The summed E-state index contributed by atoms with van der Waals surface area (Å²) >= 11 is 1.76. The summed E-state index contributed by atoms with van der Waals surface area (Å²) < 4.78 is 5.39. The van der Waals surface area contributed by atoms with Gasteiger partial charge in [0, 0.05) is 58.0 Å². The zero-order valence-corrected chi connectivity index (χ0v) is 14.6. The molecule has 0 atom stereocenters. The molecular weight excluding hydrogens is 294 g/mol. The maximum absolute atomic E-state index is 5.39. The number of ether oxygens (including phenoxy) is 1. The molecule has 1 saturated carbocycles. The van der Waals surface area contributed by atoms with Gasteiger partial charge in [0.1, 0.15) is 0 Å². The van der Waals surface area contributed by atoms with E-state index >= 15 is 0 Å². The van der Waals surface area contributed by atoms with Crippen molar-refractivity contribution >= 4 is 16.5 Å². The summed E-state index contributed by atoms with van der Waals surface area (Å²) in [6.45, 7) is 6.77. The summed E-state index contributed by atoms with van der Waals surface area (Å²) in [7, 11) is 1.84. The van der Waals surface area contributed by atoms with Crippen LogP contribution in [0, 0.1) is 5.41 Å². The first-order chi connectivity index (χ1) is 10.8. The molecule has 0 amide bonds. The van der Waals surface area contributed by atoms with E-state index in [1.54, 1.807) is 11.3 Å². The largest absolute Gasteiger partial charge is 0.385 e. The second-order valence-corrected chi connectivity index (χ2v) is 7.75. The molecule has 5 heteroatoms. The molecule has 0 radical (unpaired) electrons.